The molecule has 1 aromatic rings. The van der Waals surface area contributed by atoms with Gasteiger partial charge in [0, 0.05) is 6.04 Å². The predicted molar refractivity (Wildman–Crippen MR) is 74.6 cm³/mol. The van der Waals surface area contributed by atoms with Gasteiger partial charge in [-0.1, -0.05) is 30.3 Å². The number of hydrogen-bond acceptors (Lipinski definition) is 3. The third-order valence-corrected chi connectivity index (χ3v) is 4.36. The third kappa shape index (κ3) is 2.53. The maximum absolute atomic E-state index is 12.0. The Morgan fingerprint density at radius 1 is 1.29 bits per heavy atom. The molecular weight excluding hydrogens is 272 g/mol. The van der Waals surface area contributed by atoms with Gasteiger partial charge >= 0.3 is 12.2 Å². The zero-order chi connectivity index (χ0) is 14.9. The van der Waals surface area contributed by atoms with Crippen molar-refractivity contribution >= 4 is 12.2 Å². The summed E-state index contributed by atoms with van der Waals surface area (Å²) in [6.45, 7) is 0.180. The lowest BCUT2D eigenvalue weighted by Crippen LogP contribution is -2.56. The Balaban J connectivity index is 1.61. The molecule has 0 radical (unpaired) electrons. The van der Waals surface area contributed by atoms with E-state index in [9.17, 15) is 14.7 Å². The van der Waals surface area contributed by atoms with Gasteiger partial charge in [-0.25, -0.2) is 9.59 Å². The molecule has 21 heavy (non-hydrogen) atoms. The van der Waals surface area contributed by atoms with Crippen molar-refractivity contribution in [2.45, 2.75) is 44.0 Å². The summed E-state index contributed by atoms with van der Waals surface area (Å²) in [7, 11) is 0. The lowest BCUT2D eigenvalue weighted by Gasteiger charge is -2.33. The molecule has 0 saturated carbocycles. The normalized spacial score (nSPS) is 26.7. The Morgan fingerprint density at radius 2 is 1.95 bits per heavy atom. The number of nitrogens with zero attached hydrogens (tertiary/aromatic N) is 1. The standard InChI is InChI=1S/C15H18N2O4/c18-13(21-10-11-4-2-1-3-5-11)16-15-8-6-12(7-9-15)17(15)14(19)20/h1-5,12H,6-10H2,(H,16,18)(H,19,20). The smallest absolute Gasteiger partial charge is 0.409 e. The largest absolute Gasteiger partial charge is 0.465 e. The van der Waals surface area contributed by atoms with Gasteiger partial charge in [-0.2, -0.15) is 0 Å². The fourth-order valence-electron chi connectivity index (χ4n) is 3.40. The molecule has 1 aromatic carbocycles. The molecule has 2 aliphatic rings. The van der Waals surface area contributed by atoms with Gasteiger partial charge in [-0.15, -0.1) is 0 Å². The Bertz CT molecular complexity index is 538. The van der Waals surface area contributed by atoms with Crippen LogP contribution in [-0.2, 0) is 11.3 Å². The lowest BCUT2D eigenvalue weighted by molar-refractivity contribution is 0.0770. The van der Waals surface area contributed by atoms with Crippen LogP contribution >= 0.6 is 0 Å². The number of carbonyl (C=O) groups is 2. The number of fused-ring (bicyclic) bond motifs is 2. The van der Waals surface area contributed by atoms with Crippen molar-refractivity contribution in [3.8, 4) is 0 Å². The summed E-state index contributed by atoms with van der Waals surface area (Å²) in [6, 6.07) is 9.41. The third-order valence-electron chi connectivity index (χ3n) is 4.36. The molecule has 0 unspecified atom stereocenters. The van der Waals surface area contributed by atoms with E-state index < -0.39 is 17.8 Å². The lowest BCUT2D eigenvalue weighted by atomic mass is 9.95. The zero-order valence-corrected chi connectivity index (χ0v) is 11.6. The SMILES string of the molecule is O=C(NC12CCC(CC1)N2C(=O)O)OCc1ccccc1. The van der Waals surface area contributed by atoms with Crippen LogP contribution < -0.4 is 5.32 Å². The molecule has 2 N–H and O–H groups in total. The number of rotatable bonds is 3. The summed E-state index contributed by atoms with van der Waals surface area (Å²) in [5, 5.41) is 12.1. The van der Waals surface area contributed by atoms with Gasteiger partial charge in [0.25, 0.3) is 0 Å². The van der Waals surface area contributed by atoms with Crippen LogP contribution in [0.5, 0.6) is 0 Å². The molecule has 6 nitrogen and oxygen atoms in total. The molecule has 0 aliphatic carbocycles. The van der Waals surface area contributed by atoms with Gasteiger partial charge in [0.05, 0.1) is 0 Å². The van der Waals surface area contributed by atoms with Gasteiger partial charge < -0.3 is 9.84 Å². The second-order valence-electron chi connectivity index (χ2n) is 5.60. The highest BCUT2D eigenvalue weighted by Crippen LogP contribution is 2.44. The summed E-state index contributed by atoms with van der Waals surface area (Å²) in [6.07, 6.45) is 1.37. The van der Waals surface area contributed by atoms with E-state index in [1.54, 1.807) is 0 Å². The monoisotopic (exact) mass is 290 g/mol. The fraction of sp³-hybridized carbons (Fsp3) is 0.467. The minimum absolute atomic E-state index is 0.0249. The topological polar surface area (TPSA) is 78.9 Å². The molecule has 3 rings (SSSR count). The van der Waals surface area contributed by atoms with Crippen LogP contribution in [0.25, 0.3) is 0 Å². The van der Waals surface area contributed by atoms with Crippen LogP contribution in [0.1, 0.15) is 31.2 Å². The second-order valence-corrected chi connectivity index (χ2v) is 5.60. The zero-order valence-electron chi connectivity index (χ0n) is 11.6. The Hall–Kier alpha value is -2.24. The predicted octanol–water partition coefficient (Wildman–Crippen LogP) is 2.55. The average molecular weight is 290 g/mol. The molecule has 2 bridgehead atoms. The molecule has 2 amide bonds. The van der Waals surface area contributed by atoms with Crippen molar-refractivity contribution in [1.82, 2.24) is 10.2 Å². The van der Waals surface area contributed by atoms with Crippen LogP contribution in [-0.4, -0.2) is 33.9 Å². The molecule has 2 heterocycles. The van der Waals surface area contributed by atoms with E-state index >= 15 is 0 Å². The minimum atomic E-state index is -0.974. The van der Waals surface area contributed by atoms with Crippen molar-refractivity contribution in [2.75, 3.05) is 0 Å². The van der Waals surface area contributed by atoms with Crippen LogP contribution in [0.4, 0.5) is 9.59 Å². The summed E-state index contributed by atoms with van der Waals surface area (Å²) in [4.78, 5) is 24.7. The number of hydrogen-bond donors (Lipinski definition) is 2. The first-order valence-corrected chi connectivity index (χ1v) is 7.12. The first kappa shape index (κ1) is 13.7. The molecule has 112 valence electrons. The Morgan fingerprint density at radius 3 is 2.57 bits per heavy atom. The van der Waals surface area contributed by atoms with E-state index in [0.717, 1.165) is 18.4 Å². The van der Waals surface area contributed by atoms with Crippen molar-refractivity contribution in [1.29, 1.82) is 0 Å². The first-order chi connectivity index (χ1) is 10.1. The first-order valence-electron chi connectivity index (χ1n) is 7.12. The average Bonchev–Trinajstić information content (AvgIpc) is 3.01. The summed E-state index contributed by atoms with van der Waals surface area (Å²) < 4.78 is 5.19. The highest BCUT2D eigenvalue weighted by Gasteiger charge is 2.55. The molecule has 0 spiro atoms. The number of benzene rings is 1. The molecule has 2 saturated heterocycles. The highest BCUT2D eigenvalue weighted by molar-refractivity contribution is 5.72. The molecule has 0 atom stereocenters. The number of alkyl carbamates (subject to hydrolysis) is 1. The van der Waals surface area contributed by atoms with E-state index in [-0.39, 0.29) is 12.6 Å². The van der Waals surface area contributed by atoms with E-state index in [1.807, 2.05) is 30.3 Å². The van der Waals surface area contributed by atoms with Crippen molar-refractivity contribution in [3.63, 3.8) is 0 Å². The molecular formula is C15H18N2O4. The minimum Gasteiger partial charge on any atom is -0.465 e. The fourth-order valence-corrected chi connectivity index (χ4v) is 3.40. The number of amides is 2. The molecule has 2 aliphatic heterocycles. The van der Waals surface area contributed by atoms with Crippen LogP contribution in [0.2, 0.25) is 0 Å². The van der Waals surface area contributed by atoms with Gasteiger partial charge in [-0.3, -0.25) is 10.2 Å². The Kier molecular flexibility index (Phi) is 3.45. The molecule has 0 aromatic heterocycles. The summed E-state index contributed by atoms with van der Waals surface area (Å²) in [5.74, 6) is 0. The van der Waals surface area contributed by atoms with Crippen molar-refractivity contribution < 1.29 is 19.4 Å². The number of ether oxygens (including phenoxy) is 1. The molecule has 2 fully saturated rings. The quantitative estimate of drug-likeness (QED) is 0.896. The van der Waals surface area contributed by atoms with Crippen molar-refractivity contribution in [3.05, 3.63) is 35.9 Å². The van der Waals surface area contributed by atoms with E-state index in [2.05, 4.69) is 5.32 Å². The van der Waals surface area contributed by atoms with Gasteiger partial charge in [-0.05, 0) is 31.2 Å². The molecule has 6 heteroatoms. The summed E-state index contributed by atoms with van der Waals surface area (Å²) in [5.41, 5.74) is 0.125. The van der Waals surface area contributed by atoms with Crippen molar-refractivity contribution in [2.24, 2.45) is 0 Å². The highest BCUT2D eigenvalue weighted by atomic mass is 16.5. The van der Waals surface area contributed by atoms with Gasteiger partial charge in [0.2, 0.25) is 0 Å². The maximum atomic E-state index is 12.0. The number of carboxylic acid groups (broad SMARTS) is 1. The van der Waals surface area contributed by atoms with Crippen LogP contribution in [0.3, 0.4) is 0 Å². The number of nitrogens with one attached hydrogen (secondary N) is 1. The van der Waals surface area contributed by atoms with Gasteiger partial charge in [0.15, 0.2) is 0 Å². The number of carbonyl (C=O) groups excluding carboxylic acids is 1. The van der Waals surface area contributed by atoms with Gasteiger partial charge in [0.1, 0.15) is 12.3 Å². The van der Waals surface area contributed by atoms with E-state index in [4.69, 9.17) is 4.74 Å². The second kappa shape index (κ2) is 5.27. The summed E-state index contributed by atoms with van der Waals surface area (Å²) >= 11 is 0. The van der Waals surface area contributed by atoms with E-state index in [1.165, 1.54) is 4.90 Å². The maximum Gasteiger partial charge on any atom is 0.409 e. The van der Waals surface area contributed by atoms with E-state index in [0.29, 0.717) is 12.8 Å². The van der Waals surface area contributed by atoms with Crippen LogP contribution in [0.15, 0.2) is 30.3 Å². The van der Waals surface area contributed by atoms with Crippen LogP contribution in [0, 0.1) is 0 Å². The Labute approximate surface area is 122 Å².